The van der Waals surface area contributed by atoms with Gasteiger partial charge < -0.3 is 14.9 Å². The summed E-state index contributed by atoms with van der Waals surface area (Å²) in [6, 6.07) is 0. The fourth-order valence-electron chi connectivity index (χ4n) is 0. The van der Waals surface area contributed by atoms with E-state index in [9.17, 15) is 0 Å². The van der Waals surface area contributed by atoms with Crippen molar-refractivity contribution in [3.05, 3.63) is 14.9 Å². The van der Waals surface area contributed by atoms with Crippen LogP contribution in [-0.2, 0) is 15.7 Å². The molecule has 0 N–H and O–H groups in total. The van der Waals surface area contributed by atoms with Crippen LogP contribution in [0.25, 0.3) is 0 Å². The second-order valence-electron chi connectivity index (χ2n) is 0.0505. The molecule has 0 aromatic rings. The molecule has 0 aromatic heterocycles. The van der Waals surface area contributed by atoms with Crippen LogP contribution < -0.4 is 0 Å². The molecule has 0 aliphatic heterocycles. The van der Waals surface area contributed by atoms with Gasteiger partial charge in [0, 0.05) is 0 Å². The maximum atomic E-state index is 4.90. The SMILES string of the molecule is [CH3-].[CH3-].[Cl][IrH][Cl]. The quantitative estimate of drug-likeness (QED) is 0.600. The number of hydrogen-bond donors (Lipinski definition) is 0. The Balaban J connectivity index is -0.0000000200. The van der Waals surface area contributed by atoms with Gasteiger partial charge in [-0.15, -0.1) is 0 Å². The number of hydrogen-bond acceptors (Lipinski definition) is 0. The Labute approximate surface area is 49.8 Å². The summed E-state index contributed by atoms with van der Waals surface area (Å²) in [4.78, 5) is 0. The fourth-order valence-corrected chi connectivity index (χ4v) is 0. The zero-order chi connectivity index (χ0) is 2.71. The Kier molecular flexibility index (Phi) is 61.5. The van der Waals surface area contributed by atoms with Gasteiger partial charge in [-0.05, 0) is 0 Å². The number of rotatable bonds is 0. The molecule has 0 radical (unpaired) electrons. The van der Waals surface area contributed by atoms with Gasteiger partial charge in [-0.1, -0.05) is 0 Å². The van der Waals surface area contributed by atoms with Crippen molar-refractivity contribution < 1.29 is 15.7 Å². The van der Waals surface area contributed by atoms with E-state index in [1.807, 2.05) is 0 Å². The third-order valence-corrected chi connectivity index (χ3v) is 0. The molecule has 5 heavy (non-hydrogen) atoms. The normalized spacial score (nSPS) is 4.40. The van der Waals surface area contributed by atoms with Crippen molar-refractivity contribution in [2.24, 2.45) is 0 Å². The molecule has 0 saturated carbocycles. The van der Waals surface area contributed by atoms with Crippen molar-refractivity contribution in [2.75, 3.05) is 0 Å². The summed E-state index contributed by atoms with van der Waals surface area (Å²) in [5, 5.41) is 0. The summed E-state index contributed by atoms with van der Waals surface area (Å²) in [5.74, 6) is 0. The van der Waals surface area contributed by atoms with Gasteiger partial charge in [0.1, 0.15) is 0 Å². The van der Waals surface area contributed by atoms with Crippen molar-refractivity contribution in [3.8, 4) is 0 Å². The van der Waals surface area contributed by atoms with Crippen LogP contribution >= 0.6 is 19.2 Å². The van der Waals surface area contributed by atoms with Crippen LogP contribution in [0.4, 0.5) is 0 Å². The summed E-state index contributed by atoms with van der Waals surface area (Å²) >= 11 is -0.639. The molecule has 0 heterocycles. The monoisotopic (exact) mass is 294 g/mol. The fraction of sp³-hybridized carbons (Fsp3) is 0. The van der Waals surface area contributed by atoms with Crippen molar-refractivity contribution in [1.82, 2.24) is 0 Å². The van der Waals surface area contributed by atoms with Crippen LogP contribution in [0.2, 0.25) is 0 Å². The molecule has 0 atom stereocenters. The Hall–Kier alpha value is 1.23. The van der Waals surface area contributed by atoms with Gasteiger partial charge in [-0.25, -0.2) is 0 Å². The topological polar surface area (TPSA) is 0 Å². The molecule has 3 heteroatoms. The van der Waals surface area contributed by atoms with Crippen LogP contribution in [0.1, 0.15) is 0 Å². The molecular weight excluding hydrogens is 287 g/mol. The minimum atomic E-state index is -0.639. The Morgan fingerprint density at radius 3 is 1.00 bits per heavy atom. The van der Waals surface area contributed by atoms with E-state index in [2.05, 4.69) is 0 Å². The standard InChI is InChI=1S/2CH3.2ClH.Ir.H/h2*1H3;2*1H;;/q2*-1;;;+2;/p-2. The van der Waals surface area contributed by atoms with Crippen LogP contribution in [0.5, 0.6) is 0 Å². The summed E-state index contributed by atoms with van der Waals surface area (Å²) in [5.41, 5.74) is 0. The van der Waals surface area contributed by atoms with E-state index in [4.69, 9.17) is 19.2 Å². The molecule has 0 bridgehead atoms. The molecule has 0 nitrogen and oxygen atoms in total. The Morgan fingerprint density at radius 1 is 1.00 bits per heavy atom. The van der Waals surface area contributed by atoms with E-state index in [0.717, 1.165) is 0 Å². The molecule has 0 saturated heterocycles. The molecule has 0 aromatic carbocycles. The Bertz CT molecular complexity index is 7.61. The van der Waals surface area contributed by atoms with Gasteiger partial charge in [-0.3, -0.25) is 0 Å². The molecule has 0 fully saturated rings. The third-order valence-electron chi connectivity index (χ3n) is 0. The van der Waals surface area contributed by atoms with E-state index in [-0.39, 0.29) is 14.9 Å². The predicted molar refractivity (Wildman–Crippen MR) is 25.9 cm³/mol. The van der Waals surface area contributed by atoms with E-state index in [1.165, 1.54) is 0 Å². The average Bonchev–Trinajstić information content (AvgIpc) is 0.918. The second kappa shape index (κ2) is 18.8. The van der Waals surface area contributed by atoms with E-state index in [1.54, 1.807) is 0 Å². The molecule has 0 aliphatic rings. The van der Waals surface area contributed by atoms with Crippen LogP contribution in [-0.4, -0.2) is 0 Å². The Morgan fingerprint density at radius 2 is 1.00 bits per heavy atom. The van der Waals surface area contributed by atoms with Crippen LogP contribution in [0.15, 0.2) is 0 Å². The first kappa shape index (κ1) is 16.3. The number of halogens is 2. The van der Waals surface area contributed by atoms with Crippen molar-refractivity contribution in [1.29, 1.82) is 0 Å². The summed E-state index contributed by atoms with van der Waals surface area (Å²) in [7, 11) is 9.81. The van der Waals surface area contributed by atoms with Crippen LogP contribution in [0.3, 0.4) is 0 Å². The van der Waals surface area contributed by atoms with Crippen molar-refractivity contribution >= 4 is 19.2 Å². The van der Waals surface area contributed by atoms with Gasteiger partial charge in [0.15, 0.2) is 0 Å². The third kappa shape index (κ3) is 36.1. The average molecular weight is 294 g/mol. The molecule has 40 valence electrons. The van der Waals surface area contributed by atoms with E-state index in [0.29, 0.717) is 0 Å². The van der Waals surface area contributed by atoms with Crippen LogP contribution in [0, 0.1) is 14.9 Å². The van der Waals surface area contributed by atoms with Gasteiger partial charge in [-0.2, -0.15) is 0 Å². The van der Waals surface area contributed by atoms with Gasteiger partial charge >= 0.3 is 34.8 Å². The van der Waals surface area contributed by atoms with Gasteiger partial charge in [0.05, 0.1) is 0 Å². The zero-order valence-electron chi connectivity index (χ0n) is 3.11. The maximum absolute atomic E-state index is 4.90. The summed E-state index contributed by atoms with van der Waals surface area (Å²) in [6.45, 7) is 0. The molecular formula is C2H7Cl2Ir-2. The van der Waals surface area contributed by atoms with Gasteiger partial charge in [0.2, 0.25) is 0 Å². The second-order valence-corrected chi connectivity index (χ2v) is 3.72. The zero-order valence-corrected chi connectivity index (χ0v) is 7.16. The van der Waals surface area contributed by atoms with Crippen molar-refractivity contribution in [2.45, 2.75) is 0 Å². The van der Waals surface area contributed by atoms with Crippen molar-refractivity contribution in [3.63, 3.8) is 0 Å². The first-order valence-electron chi connectivity index (χ1n) is 0.267. The summed E-state index contributed by atoms with van der Waals surface area (Å²) in [6.07, 6.45) is 0. The van der Waals surface area contributed by atoms with E-state index < -0.39 is 15.7 Å². The molecule has 0 spiro atoms. The molecule has 0 aliphatic carbocycles. The van der Waals surface area contributed by atoms with E-state index >= 15 is 0 Å². The molecule has 0 amide bonds. The summed E-state index contributed by atoms with van der Waals surface area (Å²) < 4.78 is 0. The molecule has 0 rings (SSSR count). The first-order valence-corrected chi connectivity index (χ1v) is 6.56. The minimum absolute atomic E-state index is 0. The van der Waals surface area contributed by atoms with Gasteiger partial charge in [0.25, 0.3) is 0 Å². The molecule has 0 unspecified atom stereocenters. The first-order chi connectivity index (χ1) is 1.41. The predicted octanol–water partition coefficient (Wildman–Crippen LogP) is 2.01.